The van der Waals surface area contributed by atoms with Crippen LogP contribution in [0.3, 0.4) is 0 Å². The Bertz CT molecular complexity index is 922. The van der Waals surface area contributed by atoms with Crippen LogP contribution in [0, 0.1) is 0 Å². The van der Waals surface area contributed by atoms with Crippen molar-refractivity contribution >= 4 is 17.4 Å². The minimum atomic E-state index is -0.0167. The van der Waals surface area contributed by atoms with Gasteiger partial charge in [0.25, 0.3) is 5.91 Å². The van der Waals surface area contributed by atoms with Gasteiger partial charge in [-0.1, -0.05) is 48.5 Å². The molecule has 2 heterocycles. The fourth-order valence-corrected chi connectivity index (χ4v) is 3.59. The SMILES string of the molecule is CN(Cc1ccccc1)C(=O)c1ccc(N2CCCc3ccccc32)nc1. The largest absolute Gasteiger partial charge is 0.337 e. The van der Waals surface area contributed by atoms with Gasteiger partial charge in [0.05, 0.1) is 5.56 Å². The minimum absolute atomic E-state index is 0.0167. The normalized spacial score (nSPS) is 13.1. The van der Waals surface area contributed by atoms with Gasteiger partial charge in [0, 0.05) is 32.0 Å². The molecule has 0 unspecified atom stereocenters. The third-order valence-corrected chi connectivity index (χ3v) is 4.99. The highest BCUT2D eigenvalue weighted by atomic mass is 16.2. The van der Waals surface area contributed by atoms with Gasteiger partial charge in [-0.3, -0.25) is 4.79 Å². The van der Waals surface area contributed by atoms with Crippen molar-refractivity contribution in [2.24, 2.45) is 0 Å². The number of carbonyl (C=O) groups excluding carboxylic acids is 1. The summed E-state index contributed by atoms with van der Waals surface area (Å²) in [5.41, 5.74) is 4.30. The summed E-state index contributed by atoms with van der Waals surface area (Å²) in [7, 11) is 1.82. The van der Waals surface area contributed by atoms with Crippen LogP contribution in [0.25, 0.3) is 0 Å². The van der Waals surface area contributed by atoms with Crippen LogP contribution < -0.4 is 4.90 Å². The van der Waals surface area contributed by atoms with Gasteiger partial charge in [0.2, 0.25) is 0 Å². The number of hydrogen-bond donors (Lipinski definition) is 0. The molecule has 1 aliphatic heterocycles. The second-order valence-electron chi connectivity index (χ2n) is 6.94. The molecule has 0 saturated heterocycles. The zero-order chi connectivity index (χ0) is 18.6. The zero-order valence-electron chi connectivity index (χ0n) is 15.5. The molecular weight excluding hydrogens is 334 g/mol. The van der Waals surface area contributed by atoms with Crippen LogP contribution in [0.1, 0.15) is 27.9 Å². The summed E-state index contributed by atoms with van der Waals surface area (Å²) in [6.07, 6.45) is 3.91. The van der Waals surface area contributed by atoms with E-state index in [9.17, 15) is 4.79 Å². The van der Waals surface area contributed by atoms with Crippen LogP contribution in [0.15, 0.2) is 72.9 Å². The van der Waals surface area contributed by atoms with Gasteiger partial charge in [-0.25, -0.2) is 4.98 Å². The number of para-hydroxylation sites is 1. The van der Waals surface area contributed by atoms with E-state index in [1.807, 2.05) is 49.5 Å². The van der Waals surface area contributed by atoms with Crippen molar-refractivity contribution in [3.8, 4) is 0 Å². The van der Waals surface area contributed by atoms with Gasteiger partial charge >= 0.3 is 0 Å². The summed E-state index contributed by atoms with van der Waals surface area (Å²) in [5.74, 6) is 0.876. The van der Waals surface area contributed by atoms with Crippen LogP contribution in [0.4, 0.5) is 11.5 Å². The number of hydrogen-bond acceptors (Lipinski definition) is 3. The fourth-order valence-electron chi connectivity index (χ4n) is 3.59. The molecule has 0 radical (unpaired) electrons. The summed E-state index contributed by atoms with van der Waals surface area (Å²) in [5, 5.41) is 0. The summed E-state index contributed by atoms with van der Waals surface area (Å²) >= 11 is 0. The van der Waals surface area contributed by atoms with Gasteiger partial charge in [-0.2, -0.15) is 0 Å². The average Bonchev–Trinajstić information content (AvgIpc) is 2.73. The molecule has 0 N–H and O–H groups in total. The number of aryl methyl sites for hydroxylation is 1. The number of pyridine rings is 1. The molecule has 0 aliphatic carbocycles. The van der Waals surface area contributed by atoms with Crippen LogP contribution in [-0.4, -0.2) is 29.4 Å². The second kappa shape index (κ2) is 7.62. The number of aromatic nitrogens is 1. The van der Waals surface area contributed by atoms with Crippen molar-refractivity contribution in [1.82, 2.24) is 9.88 Å². The van der Waals surface area contributed by atoms with E-state index >= 15 is 0 Å². The van der Waals surface area contributed by atoms with Gasteiger partial charge < -0.3 is 9.80 Å². The molecule has 0 bridgehead atoms. The van der Waals surface area contributed by atoms with Crippen molar-refractivity contribution in [2.75, 3.05) is 18.5 Å². The maximum Gasteiger partial charge on any atom is 0.255 e. The Hall–Kier alpha value is -3.14. The molecule has 0 fully saturated rings. The molecule has 0 atom stereocenters. The first-order chi connectivity index (χ1) is 13.2. The van der Waals surface area contributed by atoms with Crippen molar-refractivity contribution in [3.05, 3.63) is 89.6 Å². The molecule has 136 valence electrons. The summed E-state index contributed by atoms with van der Waals surface area (Å²) in [4.78, 5) is 21.3. The molecular formula is C23H23N3O. The Balaban J connectivity index is 1.50. The molecule has 1 amide bonds. The number of anilines is 2. The molecule has 4 heteroatoms. The highest BCUT2D eigenvalue weighted by molar-refractivity contribution is 5.94. The van der Waals surface area contributed by atoms with Crippen molar-refractivity contribution < 1.29 is 4.79 Å². The molecule has 4 rings (SSSR count). The van der Waals surface area contributed by atoms with E-state index in [1.165, 1.54) is 11.3 Å². The topological polar surface area (TPSA) is 36.4 Å². The van der Waals surface area contributed by atoms with E-state index in [0.717, 1.165) is 30.8 Å². The third-order valence-electron chi connectivity index (χ3n) is 4.99. The highest BCUT2D eigenvalue weighted by Gasteiger charge is 2.19. The number of rotatable bonds is 4. The number of amides is 1. The van der Waals surface area contributed by atoms with E-state index in [0.29, 0.717) is 12.1 Å². The smallest absolute Gasteiger partial charge is 0.255 e. The van der Waals surface area contributed by atoms with Crippen LogP contribution in [0.2, 0.25) is 0 Å². The Morgan fingerprint density at radius 3 is 2.59 bits per heavy atom. The van der Waals surface area contributed by atoms with E-state index < -0.39 is 0 Å². The van der Waals surface area contributed by atoms with E-state index in [4.69, 9.17) is 0 Å². The maximum atomic E-state index is 12.7. The Kier molecular flexibility index (Phi) is 4.88. The predicted molar refractivity (Wildman–Crippen MR) is 108 cm³/mol. The number of fused-ring (bicyclic) bond motifs is 1. The van der Waals surface area contributed by atoms with Crippen molar-refractivity contribution in [3.63, 3.8) is 0 Å². The summed E-state index contributed by atoms with van der Waals surface area (Å²) in [6, 6.07) is 22.3. The zero-order valence-corrected chi connectivity index (χ0v) is 15.5. The standard InChI is InChI=1S/C23H23N3O/c1-25(17-18-8-3-2-4-9-18)23(27)20-13-14-22(24-16-20)26-15-7-11-19-10-5-6-12-21(19)26/h2-6,8-10,12-14,16H,7,11,15,17H2,1H3. The van der Waals surface area contributed by atoms with E-state index in [-0.39, 0.29) is 5.91 Å². The molecule has 1 aromatic heterocycles. The Morgan fingerprint density at radius 1 is 1.04 bits per heavy atom. The lowest BCUT2D eigenvalue weighted by Crippen LogP contribution is -2.27. The number of carbonyl (C=O) groups is 1. The lowest BCUT2D eigenvalue weighted by Gasteiger charge is -2.30. The van der Waals surface area contributed by atoms with E-state index in [1.54, 1.807) is 11.1 Å². The van der Waals surface area contributed by atoms with Gasteiger partial charge in [0.15, 0.2) is 0 Å². The van der Waals surface area contributed by atoms with Gasteiger partial charge in [-0.05, 0) is 42.2 Å². The maximum absolute atomic E-state index is 12.7. The predicted octanol–water partition coefficient (Wildman–Crippen LogP) is 4.44. The monoisotopic (exact) mass is 357 g/mol. The van der Waals surface area contributed by atoms with Crippen LogP contribution in [-0.2, 0) is 13.0 Å². The first-order valence-corrected chi connectivity index (χ1v) is 9.33. The van der Waals surface area contributed by atoms with Gasteiger partial charge in [0.1, 0.15) is 5.82 Å². The number of nitrogens with zero attached hydrogens (tertiary/aromatic N) is 3. The third kappa shape index (κ3) is 3.70. The van der Waals surface area contributed by atoms with Crippen LogP contribution in [0.5, 0.6) is 0 Å². The fraction of sp³-hybridized carbons (Fsp3) is 0.217. The first kappa shape index (κ1) is 17.3. The molecule has 0 spiro atoms. The van der Waals surface area contributed by atoms with Crippen LogP contribution >= 0.6 is 0 Å². The molecule has 27 heavy (non-hydrogen) atoms. The molecule has 0 saturated carbocycles. The second-order valence-corrected chi connectivity index (χ2v) is 6.94. The summed E-state index contributed by atoms with van der Waals surface area (Å²) < 4.78 is 0. The quantitative estimate of drug-likeness (QED) is 0.693. The van der Waals surface area contributed by atoms with Crippen molar-refractivity contribution in [1.29, 1.82) is 0 Å². The molecule has 3 aromatic rings. The highest BCUT2D eigenvalue weighted by Crippen LogP contribution is 2.32. The minimum Gasteiger partial charge on any atom is -0.337 e. The van der Waals surface area contributed by atoms with Crippen molar-refractivity contribution in [2.45, 2.75) is 19.4 Å². The lowest BCUT2D eigenvalue weighted by molar-refractivity contribution is 0.0784. The average molecular weight is 357 g/mol. The molecule has 1 aliphatic rings. The summed E-state index contributed by atoms with van der Waals surface area (Å²) in [6.45, 7) is 1.53. The van der Waals surface area contributed by atoms with E-state index in [2.05, 4.69) is 34.1 Å². The molecule has 4 nitrogen and oxygen atoms in total. The Labute approximate surface area is 160 Å². The lowest BCUT2D eigenvalue weighted by atomic mass is 10.0. The first-order valence-electron chi connectivity index (χ1n) is 9.33. The Morgan fingerprint density at radius 2 is 1.81 bits per heavy atom. The molecule has 2 aromatic carbocycles. The van der Waals surface area contributed by atoms with Gasteiger partial charge in [-0.15, -0.1) is 0 Å². The number of benzene rings is 2.